The topological polar surface area (TPSA) is 56.1 Å². The van der Waals surface area contributed by atoms with Crippen LogP contribution in [0.15, 0.2) is 5.38 Å². The van der Waals surface area contributed by atoms with Crippen molar-refractivity contribution in [1.29, 1.82) is 5.41 Å². The van der Waals surface area contributed by atoms with Crippen LogP contribution in [0, 0.1) is 5.41 Å². The highest BCUT2D eigenvalue weighted by molar-refractivity contribution is 7.28. The second kappa shape index (κ2) is 2.25. The summed E-state index contributed by atoms with van der Waals surface area (Å²) in [7, 11) is 0. The average molecular weight is 148 g/mol. The molecule has 1 aromatic rings. The molecule has 1 heterocycles. The fourth-order valence-electron chi connectivity index (χ4n) is 0.304. The Hall–Kier alpha value is -0.390. The lowest BCUT2D eigenvalue weighted by Gasteiger charge is -1.83. The van der Waals surface area contributed by atoms with Gasteiger partial charge < -0.3 is 0 Å². The maximum atomic E-state index is 8.23. The predicted octanol–water partition coefficient (Wildman–Crippen LogP) is 1.09. The summed E-state index contributed by atoms with van der Waals surface area (Å²) < 4.78 is 0.488. The van der Waals surface area contributed by atoms with Gasteiger partial charge in [0.2, 0.25) is 0 Å². The number of hydrogen-bond acceptors (Lipinski definition) is 5. The van der Waals surface area contributed by atoms with Crippen molar-refractivity contribution in [3.05, 3.63) is 9.36 Å². The van der Waals surface area contributed by atoms with E-state index in [0.29, 0.717) is 8.99 Å². The molecule has 8 heavy (non-hydrogen) atoms. The van der Waals surface area contributed by atoms with E-state index in [2.05, 4.69) is 0 Å². The van der Waals surface area contributed by atoms with E-state index < -0.39 is 0 Å². The molecule has 0 unspecified atom stereocenters. The normalized spacial score (nSPS) is 9.12. The Morgan fingerprint density at radius 3 is 2.75 bits per heavy atom. The number of rotatable bonds is 1. The van der Waals surface area contributed by atoms with Crippen molar-refractivity contribution in [2.75, 3.05) is 5.48 Å². The minimum Gasteiger partial charge on any atom is -0.290 e. The Morgan fingerprint density at radius 1 is 1.75 bits per heavy atom. The minimum atomic E-state index is 0.488. The maximum absolute atomic E-state index is 8.23. The van der Waals surface area contributed by atoms with Gasteiger partial charge in [0, 0.05) is 5.38 Å². The first-order valence-corrected chi connectivity index (χ1v) is 3.56. The third kappa shape index (κ3) is 1.06. The first-order chi connectivity index (χ1) is 3.83. The molecule has 3 nitrogen and oxygen atoms in total. The van der Waals surface area contributed by atoms with Crippen LogP contribution < -0.4 is 9.46 Å². The van der Waals surface area contributed by atoms with Crippen molar-refractivity contribution in [1.82, 2.24) is 0 Å². The fourth-order valence-corrected chi connectivity index (χ4v) is 1.76. The van der Waals surface area contributed by atoms with Gasteiger partial charge >= 0.3 is 0 Å². The molecule has 0 aliphatic rings. The van der Waals surface area contributed by atoms with Crippen LogP contribution in [-0.4, -0.2) is 5.21 Å². The van der Waals surface area contributed by atoms with E-state index in [9.17, 15) is 0 Å². The Labute approximate surface area is 53.7 Å². The van der Waals surface area contributed by atoms with Gasteiger partial charge in [-0.1, -0.05) is 11.3 Å². The van der Waals surface area contributed by atoms with Gasteiger partial charge in [-0.15, -0.1) is 11.3 Å². The smallest absolute Gasteiger partial charge is 0.165 e. The van der Waals surface area contributed by atoms with E-state index in [4.69, 9.17) is 10.6 Å². The van der Waals surface area contributed by atoms with Crippen LogP contribution in [0.5, 0.6) is 0 Å². The molecule has 0 fully saturated rings. The summed E-state index contributed by atoms with van der Waals surface area (Å²) in [5.41, 5.74) is 1.96. The van der Waals surface area contributed by atoms with Crippen LogP contribution in [0.4, 0.5) is 5.00 Å². The third-order valence-electron chi connectivity index (χ3n) is 0.586. The van der Waals surface area contributed by atoms with Crippen molar-refractivity contribution < 1.29 is 5.21 Å². The summed E-state index contributed by atoms with van der Waals surface area (Å²) in [5.74, 6) is 0. The molecule has 0 aromatic carbocycles. The Balaban J connectivity index is 3.01. The zero-order chi connectivity index (χ0) is 5.98. The van der Waals surface area contributed by atoms with Gasteiger partial charge in [-0.05, 0) is 0 Å². The maximum Gasteiger partial charge on any atom is 0.165 e. The summed E-state index contributed by atoms with van der Waals surface area (Å²) in [6.45, 7) is 0. The van der Waals surface area contributed by atoms with Crippen LogP contribution in [-0.2, 0) is 0 Å². The number of hydrogen-bond donors (Lipinski definition) is 3. The Kier molecular flexibility index (Phi) is 1.62. The van der Waals surface area contributed by atoms with Crippen molar-refractivity contribution in [3.63, 3.8) is 0 Å². The van der Waals surface area contributed by atoms with Gasteiger partial charge in [0.1, 0.15) is 5.00 Å². The van der Waals surface area contributed by atoms with Gasteiger partial charge in [-0.3, -0.25) is 16.1 Å². The molecule has 1 aromatic heterocycles. The lowest BCUT2D eigenvalue weighted by atomic mass is 11.0. The van der Waals surface area contributed by atoms with Gasteiger partial charge in [0.15, 0.2) is 3.98 Å². The lowest BCUT2D eigenvalue weighted by Crippen LogP contribution is -1.83. The number of nitrogens with one attached hydrogen (secondary N) is 2. The molecular weight excluding hydrogens is 144 g/mol. The SMILES string of the molecule is N=c1scc(NO)s1. The van der Waals surface area contributed by atoms with E-state index in [0.717, 1.165) is 0 Å². The zero-order valence-corrected chi connectivity index (χ0v) is 5.47. The molecule has 3 N–H and O–H groups in total. The highest BCUT2D eigenvalue weighted by Crippen LogP contribution is 2.11. The number of anilines is 1. The molecule has 0 saturated carbocycles. The van der Waals surface area contributed by atoms with E-state index in [-0.39, 0.29) is 0 Å². The molecule has 1 rings (SSSR count). The van der Waals surface area contributed by atoms with E-state index >= 15 is 0 Å². The van der Waals surface area contributed by atoms with Gasteiger partial charge in [-0.2, -0.15) is 0 Å². The molecule has 0 saturated heterocycles. The van der Waals surface area contributed by atoms with Gasteiger partial charge in [0.05, 0.1) is 0 Å². The van der Waals surface area contributed by atoms with Crippen molar-refractivity contribution >= 4 is 27.7 Å². The molecule has 44 valence electrons. The van der Waals surface area contributed by atoms with Crippen LogP contribution >= 0.6 is 22.7 Å². The molecule has 0 bridgehead atoms. The van der Waals surface area contributed by atoms with Crippen molar-refractivity contribution in [2.45, 2.75) is 0 Å². The molecule has 5 heteroatoms. The molecule has 0 spiro atoms. The van der Waals surface area contributed by atoms with Gasteiger partial charge in [-0.25, -0.2) is 0 Å². The quantitative estimate of drug-likeness (QED) is 0.522. The van der Waals surface area contributed by atoms with E-state index in [1.807, 2.05) is 5.48 Å². The fraction of sp³-hybridized carbons (Fsp3) is 0. The first kappa shape index (κ1) is 5.74. The average Bonchev–Trinajstić information content (AvgIpc) is 2.14. The van der Waals surface area contributed by atoms with Crippen LogP contribution in [0.1, 0.15) is 0 Å². The predicted molar refractivity (Wildman–Crippen MR) is 33.5 cm³/mol. The third-order valence-corrected chi connectivity index (χ3v) is 2.46. The van der Waals surface area contributed by atoms with Crippen molar-refractivity contribution in [3.8, 4) is 0 Å². The van der Waals surface area contributed by atoms with Crippen LogP contribution in [0.3, 0.4) is 0 Å². The molecule has 0 radical (unpaired) electrons. The first-order valence-electron chi connectivity index (χ1n) is 1.86. The Bertz CT molecular complexity index is 215. The van der Waals surface area contributed by atoms with Crippen LogP contribution in [0.2, 0.25) is 0 Å². The molecule has 0 aliphatic heterocycles. The molecule has 0 aliphatic carbocycles. The lowest BCUT2D eigenvalue weighted by molar-refractivity contribution is 0.391. The minimum absolute atomic E-state index is 0.488. The summed E-state index contributed by atoms with van der Waals surface area (Å²) >= 11 is 2.50. The standard InChI is InChI=1S/C3H4N2OS2/c4-3-7-1-2(5-6)8-3/h1,4-6H. The second-order valence-corrected chi connectivity index (χ2v) is 3.29. The summed E-state index contributed by atoms with van der Waals surface area (Å²) in [6, 6.07) is 0. The van der Waals surface area contributed by atoms with Crippen LogP contribution in [0.25, 0.3) is 0 Å². The molecule has 0 amide bonds. The zero-order valence-electron chi connectivity index (χ0n) is 3.84. The van der Waals surface area contributed by atoms with E-state index in [1.165, 1.54) is 22.7 Å². The van der Waals surface area contributed by atoms with Gasteiger partial charge in [0.25, 0.3) is 0 Å². The summed E-state index contributed by atoms with van der Waals surface area (Å²) in [6.07, 6.45) is 0. The molecular formula is C3H4N2OS2. The van der Waals surface area contributed by atoms with E-state index in [1.54, 1.807) is 5.38 Å². The monoisotopic (exact) mass is 148 g/mol. The molecule has 0 atom stereocenters. The largest absolute Gasteiger partial charge is 0.290 e. The summed E-state index contributed by atoms with van der Waals surface area (Å²) in [4.78, 5) is 0. The highest BCUT2D eigenvalue weighted by atomic mass is 32.2. The highest BCUT2D eigenvalue weighted by Gasteiger charge is 1.88. The Morgan fingerprint density at radius 2 is 2.50 bits per heavy atom. The second-order valence-electron chi connectivity index (χ2n) is 1.10. The van der Waals surface area contributed by atoms with Crippen molar-refractivity contribution in [2.24, 2.45) is 0 Å². The summed E-state index contributed by atoms with van der Waals surface area (Å²) in [5, 5.41) is 17.6.